The molecule has 182 valence electrons. The highest BCUT2D eigenvalue weighted by molar-refractivity contribution is 5.68. The highest BCUT2D eigenvalue weighted by atomic mass is 16.5. The molecular formula is C25H41NO6. The van der Waals surface area contributed by atoms with Crippen LogP contribution in [-0.4, -0.2) is 54.6 Å². The molecule has 0 bridgehead atoms. The molecule has 0 aromatic heterocycles. The zero-order valence-electron chi connectivity index (χ0n) is 19.8. The Kier molecular flexibility index (Phi) is 13.8. The van der Waals surface area contributed by atoms with Gasteiger partial charge in [-0.25, -0.2) is 4.79 Å². The van der Waals surface area contributed by atoms with Crippen molar-refractivity contribution in [2.24, 2.45) is 17.8 Å². The van der Waals surface area contributed by atoms with Crippen LogP contribution in [0.5, 0.6) is 5.75 Å². The molecule has 4 atom stereocenters. The van der Waals surface area contributed by atoms with Crippen molar-refractivity contribution in [3.63, 3.8) is 0 Å². The van der Waals surface area contributed by atoms with Gasteiger partial charge >= 0.3 is 5.97 Å². The van der Waals surface area contributed by atoms with Crippen molar-refractivity contribution in [2.75, 3.05) is 20.8 Å². The zero-order valence-corrected chi connectivity index (χ0v) is 19.8. The number of aliphatic carboxylic acids is 1. The number of ether oxygens (including phenoxy) is 1. The van der Waals surface area contributed by atoms with Gasteiger partial charge in [0.15, 0.2) is 6.61 Å². The van der Waals surface area contributed by atoms with Gasteiger partial charge in [-0.3, -0.25) is 5.32 Å². The molecule has 1 fully saturated rings. The molecule has 0 aliphatic heterocycles. The fourth-order valence-corrected chi connectivity index (χ4v) is 4.81. The third-order valence-electron chi connectivity index (χ3n) is 6.44. The zero-order chi connectivity index (χ0) is 23.9. The van der Waals surface area contributed by atoms with Gasteiger partial charge in [-0.15, -0.1) is 0 Å². The minimum atomic E-state index is -0.940. The molecule has 32 heavy (non-hydrogen) atoms. The number of fused-ring (bicyclic) bond motifs is 2. The molecule has 0 heterocycles. The van der Waals surface area contributed by atoms with Crippen LogP contribution in [-0.2, 0) is 22.4 Å². The van der Waals surface area contributed by atoms with E-state index in [1.54, 1.807) is 7.05 Å². The van der Waals surface area contributed by atoms with Gasteiger partial charge in [0.1, 0.15) is 18.3 Å². The number of carboxylic acids is 1. The quantitative estimate of drug-likeness (QED) is 0.245. The van der Waals surface area contributed by atoms with Gasteiger partial charge in [0.05, 0.1) is 0 Å². The monoisotopic (exact) mass is 451 g/mol. The van der Waals surface area contributed by atoms with Crippen molar-refractivity contribution in [2.45, 2.75) is 70.9 Å². The summed E-state index contributed by atoms with van der Waals surface area (Å²) in [6.45, 7) is 1.79. The number of hydrogen-bond acceptors (Lipinski definition) is 6. The number of rotatable bonds is 10. The summed E-state index contributed by atoms with van der Waals surface area (Å²) >= 11 is 0. The topological polar surface area (TPSA) is 116 Å². The normalized spacial score (nSPS) is 21.6. The molecule has 0 amide bonds. The van der Waals surface area contributed by atoms with Crippen molar-refractivity contribution >= 4 is 12.3 Å². The molecule has 7 nitrogen and oxygen atoms in total. The maximum Gasteiger partial charge on any atom is 0.341 e. The lowest BCUT2D eigenvalue weighted by atomic mass is 9.74. The van der Waals surface area contributed by atoms with E-state index >= 15 is 0 Å². The minimum Gasteiger partial charge on any atom is -0.482 e. The Bertz CT molecular complexity index is 680. The molecule has 0 radical (unpaired) electrons. The Morgan fingerprint density at radius 2 is 2.03 bits per heavy atom. The Morgan fingerprint density at radius 1 is 1.28 bits per heavy atom. The summed E-state index contributed by atoms with van der Waals surface area (Å²) in [7, 11) is 2.79. The molecule has 4 N–H and O–H groups in total. The Hall–Kier alpha value is -1.96. The number of nitrogens with one attached hydrogen (secondary N) is 1. The molecule has 2 aliphatic rings. The van der Waals surface area contributed by atoms with E-state index in [4.69, 9.17) is 14.9 Å². The van der Waals surface area contributed by atoms with Crippen LogP contribution >= 0.6 is 0 Å². The molecule has 2 aliphatic carbocycles. The van der Waals surface area contributed by atoms with Crippen molar-refractivity contribution in [1.29, 1.82) is 0 Å². The van der Waals surface area contributed by atoms with Crippen LogP contribution in [0.1, 0.15) is 63.0 Å². The van der Waals surface area contributed by atoms with Gasteiger partial charge < -0.3 is 24.9 Å². The van der Waals surface area contributed by atoms with Crippen molar-refractivity contribution < 1.29 is 29.6 Å². The van der Waals surface area contributed by atoms with E-state index in [9.17, 15) is 14.7 Å². The summed E-state index contributed by atoms with van der Waals surface area (Å²) in [5.74, 6) is 1.81. The van der Waals surface area contributed by atoms with Gasteiger partial charge in [-0.05, 0) is 86.9 Å². The second kappa shape index (κ2) is 15.8. The first-order valence-corrected chi connectivity index (χ1v) is 11.7. The maximum absolute atomic E-state index is 10.8. The van der Waals surface area contributed by atoms with Crippen LogP contribution in [0, 0.1) is 17.8 Å². The number of aliphatic hydroxyl groups is 2. The van der Waals surface area contributed by atoms with Gasteiger partial charge in [-0.1, -0.05) is 25.5 Å². The molecule has 3 rings (SSSR count). The summed E-state index contributed by atoms with van der Waals surface area (Å²) in [6.07, 6.45) is 9.80. The van der Waals surface area contributed by atoms with Gasteiger partial charge in [-0.2, -0.15) is 0 Å². The van der Waals surface area contributed by atoms with E-state index in [0.717, 1.165) is 64.1 Å². The Morgan fingerprint density at radius 3 is 2.62 bits per heavy atom. The van der Waals surface area contributed by atoms with Crippen molar-refractivity contribution in [1.82, 2.24) is 5.32 Å². The summed E-state index contributed by atoms with van der Waals surface area (Å²) in [5.41, 5.74) is 2.51. The number of aliphatic hydroxyl groups excluding tert-OH is 2. The first-order valence-electron chi connectivity index (χ1n) is 11.7. The van der Waals surface area contributed by atoms with Crippen molar-refractivity contribution in [3.05, 3.63) is 29.3 Å². The number of hydrogen-bond donors (Lipinski definition) is 4. The second-order valence-corrected chi connectivity index (χ2v) is 8.44. The third kappa shape index (κ3) is 8.88. The number of benzene rings is 1. The summed E-state index contributed by atoms with van der Waals surface area (Å²) < 4.78 is 5.49. The lowest BCUT2D eigenvalue weighted by Gasteiger charge is -2.32. The highest BCUT2D eigenvalue weighted by Gasteiger charge is 2.39. The molecule has 1 aromatic carbocycles. The van der Waals surface area contributed by atoms with E-state index in [2.05, 4.69) is 18.3 Å². The first-order chi connectivity index (χ1) is 15.5. The van der Waals surface area contributed by atoms with Crippen LogP contribution in [0.3, 0.4) is 0 Å². The number of unbranched alkanes of at least 4 members (excludes halogenated alkanes) is 2. The van der Waals surface area contributed by atoms with Crippen LogP contribution < -0.4 is 10.1 Å². The fraction of sp³-hybridized carbons (Fsp3) is 0.680. The minimum absolute atomic E-state index is 0.283. The van der Waals surface area contributed by atoms with Crippen LogP contribution in [0.25, 0.3) is 0 Å². The van der Waals surface area contributed by atoms with Gasteiger partial charge in [0.25, 0.3) is 0 Å². The Balaban J connectivity index is 0.000000556. The van der Waals surface area contributed by atoms with E-state index in [0.29, 0.717) is 17.8 Å². The average Bonchev–Trinajstić information content (AvgIpc) is 3.21. The molecule has 1 saturated carbocycles. The number of carboxylic acid groups (broad SMARTS) is 1. The van der Waals surface area contributed by atoms with Gasteiger partial charge in [0, 0.05) is 13.5 Å². The predicted octanol–water partition coefficient (Wildman–Crippen LogP) is 3.19. The summed E-state index contributed by atoms with van der Waals surface area (Å²) in [6, 6.07) is 6.00. The summed E-state index contributed by atoms with van der Waals surface area (Å²) in [4.78, 5) is 20.3. The number of carbonyl (C=O) groups excluding carboxylic acids is 1. The smallest absolute Gasteiger partial charge is 0.341 e. The van der Waals surface area contributed by atoms with E-state index in [-0.39, 0.29) is 6.61 Å². The van der Waals surface area contributed by atoms with Crippen molar-refractivity contribution in [3.8, 4) is 5.75 Å². The molecule has 0 spiro atoms. The van der Waals surface area contributed by atoms with Gasteiger partial charge in [0.2, 0.25) is 0 Å². The SMILES string of the molecule is CCCCC=O.CNC(O)CCC1CCC2Cc3c(cccc3OCC(=O)O)CC12.CO. The highest BCUT2D eigenvalue weighted by Crippen LogP contribution is 2.48. The number of aldehydes is 1. The summed E-state index contributed by atoms with van der Waals surface area (Å²) in [5, 5.41) is 28.5. The average molecular weight is 452 g/mol. The lowest BCUT2D eigenvalue weighted by Crippen LogP contribution is -2.28. The van der Waals surface area contributed by atoms with Crippen LogP contribution in [0.4, 0.5) is 0 Å². The molecular weight excluding hydrogens is 410 g/mol. The fourth-order valence-electron chi connectivity index (χ4n) is 4.81. The van der Waals surface area contributed by atoms with E-state index < -0.39 is 12.2 Å². The standard InChI is InChI=1S/C19H27NO4.C5H10O.CH4O/c1-20-18(21)8-7-12-5-6-14-10-16-13(9-15(12)14)3-2-4-17(16)24-11-19(22)23;1-2-3-4-5-6;1-2/h2-4,12,14-15,18,20-21H,5-11H2,1H3,(H,22,23);5H,2-4H2,1H3;2H,1H3. The van der Waals surface area contributed by atoms with E-state index in [1.807, 2.05) is 12.1 Å². The van der Waals surface area contributed by atoms with Crippen LogP contribution in [0.2, 0.25) is 0 Å². The molecule has 0 saturated heterocycles. The lowest BCUT2D eigenvalue weighted by molar-refractivity contribution is -0.139. The maximum atomic E-state index is 10.8. The number of carbonyl (C=O) groups is 2. The molecule has 4 unspecified atom stereocenters. The Labute approximate surface area is 192 Å². The van der Waals surface area contributed by atoms with E-state index in [1.165, 1.54) is 24.0 Å². The molecule has 7 heteroatoms. The second-order valence-electron chi connectivity index (χ2n) is 8.44. The first kappa shape index (κ1) is 28.1. The largest absolute Gasteiger partial charge is 0.482 e. The molecule has 1 aromatic rings. The van der Waals surface area contributed by atoms with Crippen LogP contribution in [0.15, 0.2) is 18.2 Å². The predicted molar refractivity (Wildman–Crippen MR) is 125 cm³/mol. The third-order valence-corrected chi connectivity index (χ3v) is 6.44.